The predicted molar refractivity (Wildman–Crippen MR) is 99.3 cm³/mol. The van der Waals surface area contributed by atoms with Gasteiger partial charge in [0.15, 0.2) is 0 Å². The Morgan fingerprint density at radius 3 is 2.81 bits per heavy atom. The molecule has 2 aromatic heterocycles. The molecule has 0 saturated heterocycles. The van der Waals surface area contributed by atoms with Gasteiger partial charge in [-0.3, -0.25) is 19.1 Å². The molecule has 3 rings (SSSR count). The predicted octanol–water partition coefficient (Wildman–Crippen LogP) is 2.59. The van der Waals surface area contributed by atoms with Crippen molar-refractivity contribution in [3.05, 3.63) is 28.8 Å². The number of amides is 1. The van der Waals surface area contributed by atoms with Crippen LogP contribution in [0.15, 0.2) is 23.3 Å². The van der Waals surface area contributed by atoms with E-state index < -0.39 is 6.04 Å². The van der Waals surface area contributed by atoms with Crippen LogP contribution in [0, 0.1) is 0 Å². The maximum atomic E-state index is 13.0. The Morgan fingerprint density at radius 2 is 2.12 bits per heavy atom. The third-order valence-electron chi connectivity index (χ3n) is 4.89. The molecule has 1 amide bonds. The molecule has 1 unspecified atom stereocenters. The topological polar surface area (TPSA) is 86.1 Å². The largest absolute Gasteiger partial charge is 0.474 e. The van der Waals surface area contributed by atoms with Crippen molar-refractivity contribution in [2.24, 2.45) is 0 Å². The fourth-order valence-electron chi connectivity index (χ4n) is 3.61. The molecular formula is C19H26N4O3. The summed E-state index contributed by atoms with van der Waals surface area (Å²) in [5.74, 6) is -0.106. The van der Waals surface area contributed by atoms with Gasteiger partial charge in [0.25, 0.3) is 5.88 Å². The van der Waals surface area contributed by atoms with Crippen LogP contribution in [0.3, 0.4) is 0 Å². The minimum atomic E-state index is -0.600. The van der Waals surface area contributed by atoms with Crippen molar-refractivity contribution in [3.63, 3.8) is 0 Å². The summed E-state index contributed by atoms with van der Waals surface area (Å²) in [6.07, 6.45) is 9.20. The van der Waals surface area contributed by atoms with E-state index in [1.807, 2.05) is 6.92 Å². The number of ether oxygens (including phenoxy) is 1. The maximum Gasteiger partial charge on any atom is 0.314 e. The van der Waals surface area contributed by atoms with E-state index in [4.69, 9.17) is 4.74 Å². The summed E-state index contributed by atoms with van der Waals surface area (Å²) in [7, 11) is 0. The molecule has 26 heavy (non-hydrogen) atoms. The van der Waals surface area contributed by atoms with E-state index >= 15 is 0 Å². The fraction of sp³-hybridized carbons (Fsp3) is 0.579. The standard InChI is InChI=1S/C19H26N4O3/c1-3-15(17(24)21-13-8-6-5-7-9-13)23-16-10-11-20-12-14(16)22-18(19(23)25)26-4-2/h10-13,15H,3-9H2,1-2H3,(H,21,24). The number of aromatic nitrogens is 3. The van der Waals surface area contributed by atoms with Gasteiger partial charge >= 0.3 is 5.56 Å². The average molecular weight is 358 g/mol. The van der Waals surface area contributed by atoms with Gasteiger partial charge in [0, 0.05) is 12.2 Å². The molecule has 0 spiro atoms. The summed E-state index contributed by atoms with van der Waals surface area (Å²) in [6.45, 7) is 4.04. The van der Waals surface area contributed by atoms with Crippen LogP contribution in [0.1, 0.15) is 58.4 Å². The number of carbonyl (C=O) groups excluding carboxylic acids is 1. The molecular weight excluding hydrogens is 332 g/mol. The molecule has 1 aliphatic carbocycles. The second-order valence-electron chi connectivity index (χ2n) is 6.66. The monoisotopic (exact) mass is 358 g/mol. The van der Waals surface area contributed by atoms with Gasteiger partial charge in [-0.2, -0.15) is 0 Å². The van der Waals surface area contributed by atoms with Crippen molar-refractivity contribution in [2.75, 3.05) is 6.61 Å². The van der Waals surface area contributed by atoms with Crippen LogP contribution in [0.4, 0.5) is 0 Å². The van der Waals surface area contributed by atoms with E-state index in [0.29, 0.717) is 24.1 Å². The van der Waals surface area contributed by atoms with Crippen molar-refractivity contribution in [1.29, 1.82) is 0 Å². The van der Waals surface area contributed by atoms with E-state index in [0.717, 1.165) is 25.7 Å². The molecule has 0 aromatic carbocycles. The Balaban J connectivity index is 2.01. The van der Waals surface area contributed by atoms with E-state index in [1.165, 1.54) is 11.0 Å². The van der Waals surface area contributed by atoms with Crippen LogP contribution >= 0.6 is 0 Å². The highest BCUT2D eigenvalue weighted by Crippen LogP contribution is 2.22. The van der Waals surface area contributed by atoms with E-state index in [1.54, 1.807) is 25.4 Å². The number of pyridine rings is 1. The second kappa shape index (κ2) is 8.29. The molecule has 1 N–H and O–H groups in total. The van der Waals surface area contributed by atoms with Crippen LogP contribution in [0.5, 0.6) is 5.88 Å². The van der Waals surface area contributed by atoms with Crippen LogP contribution in [-0.4, -0.2) is 33.1 Å². The van der Waals surface area contributed by atoms with Gasteiger partial charge in [0.05, 0.1) is 18.3 Å². The Hall–Kier alpha value is -2.44. The minimum absolute atomic E-state index is 0.0110. The van der Waals surface area contributed by atoms with E-state index in [2.05, 4.69) is 15.3 Å². The lowest BCUT2D eigenvalue weighted by Crippen LogP contribution is -2.43. The molecule has 7 heteroatoms. The molecule has 1 atom stereocenters. The molecule has 0 radical (unpaired) electrons. The normalized spacial score (nSPS) is 16.4. The zero-order valence-electron chi connectivity index (χ0n) is 15.4. The van der Waals surface area contributed by atoms with Crippen LogP contribution in [-0.2, 0) is 4.79 Å². The zero-order chi connectivity index (χ0) is 18.5. The van der Waals surface area contributed by atoms with Gasteiger partial charge in [-0.15, -0.1) is 0 Å². The summed E-state index contributed by atoms with van der Waals surface area (Å²) < 4.78 is 6.91. The number of hydrogen-bond acceptors (Lipinski definition) is 5. The Bertz CT molecular complexity index is 827. The van der Waals surface area contributed by atoms with Crippen molar-refractivity contribution >= 4 is 16.9 Å². The first-order chi connectivity index (χ1) is 12.7. The lowest BCUT2D eigenvalue weighted by molar-refractivity contribution is -0.125. The number of fused-ring (bicyclic) bond motifs is 1. The SMILES string of the molecule is CCOc1nc2cnccc2n(C(CC)C(=O)NC2CCCCC2)c1=O. The fourth-order valence-corrected chi connectivity index (χ4v) is 3.61. The molecule has 7 nitrogen and oxygen atoms in total. The van der Waals surface area contributed by atoms with Gasteiger partial charge < -0.3 is 10.1 Å². The lowest BCUT2D eigenvalue weighted by atomic mass is 9.95. The Kier molecular flexibility index (Phi) is 5.85. The van der Waals surface area contributed by atoms with Gasteiger partial charge in [-0.05, 0) is 32.3 Å². The smallest absolute Gasteiger partial charge is 0.314 e. The number of nitrogens with one attached hydrogen (secondary N) is 1. The number of hydrogen-bond donors (Lipinski definition) is 1. The van der Waals surface area contributed by atoms with Crippen molar-refractivity contribution < 1.29 is 9.53 Å². The third-order valence-corrected chi connectivity index (χ3v) is 4.89. The van der Waals surface area contributed by atoms with Crippen molar-refractivity contribution in [2.45, 2.75) is 64.5 Å². The quantitative estimate of drug-likeness (QED) is 0.858. The third kappa shape index (κ3) is 3.71. The van der Waals surface area contributed by atoms with Crippen molar-refractivity contribution in [3.8, 4) is 5.88 Å². The summed E-state index contributed by atoms with van der Waals surface area (Å²) in [5.41, 5.74) is 0.759. The molecule has 0 bridgehead atoms. The van der Waals surface area contributed by atoms with Crippen LogP contribution in [0.25, 0.3) is 11.0 Å². The summed E-state index contributed by atoms with van der Waals surface area (Å²) in [6, 6.07) is 1.31. The molecule has 0 aliphatic heterocycles. The first-order valence-corrected chi connectivity index (χ1v) is 9.45. The zero-order valence-corrected chi connectivity index (χ0v) is 15.4. The first kappa shape index (κ1) is 18.4. The van der Waals surface area contributed by atoms with Crippen LogP contribution in [0.2, 0.25) is 0 Å². The lowest BCUT2D eigenvalue weighted by Gasteiger charge is -2.26. The maximum absolute atomic E-state index is 13.0. The highest BCUT2D eigenvalue weighted by atomic mass is 16.5. The van der Waals surface area contributed by atoms with Gasteiger partial charge in [0.2, 0.25) is 5.91 Å². The summed E-state index contributed by atoms with van der Waals surface area (Å²) >= 11 is 0. The van der Waals surface area contributed by atoms with Gasteiger partial charge in [0.1, 0.15) is 11.6 Å². The second-order valence-corrected chi connectivity index (χ2v) is 6.66. The average Bonchev–Trinajstić information content (AvgIpc) is 2.66. The summed E-state index contributed by atoms with van der Waals surface area (Å²) in [4.78, 5) is 34.2. The molecule has 1 fully saturated rings. The van der Waals surface area contributed by atoms with Gasteiger partial charge in [-0.1, -0.05) is 26.2 Å². The van der Waals surface area contributed by atoms with Crippen molar-refractivity contribution in [1.82, 2.24) is 19.9 Å². The molecule has 140 valence electrons. The van der Waals surface area contributed by atoms with E-state index in [-0.39, 0.29) is 23.4 Å². The Labute approximate surface area is 152 Å². The molecule has 1 saturated carbocycles. The number of nitrogens with zero attached hydrogens (tertiary/aromatic N) is 3. The minimum Gasteiger partial charge on any atom is -0.474 e. The van der Waals surface area contributed by atoms with E-state index in [9.17, 15) is 9.59 Å². The van der Waals surface area contributed by atoms with Crippen LogP contribution < -0.4 is 15.6 Å². The highest BCUT2D eigenvalue weighted by molar-refractivity contribution is 5.83. The highest BCUT2D eigenvalue weighted by Gasteiger charge is 2.26. The Morgan fingerprint density at radius 1 is 1.35 bits per heavy atom. The number of rotatable bonds is 6. The summed E-state index contributed by atoms with van der Waals surface area (Å²) in [5, 5.41) is 3.14. The molecule has 2 heterocycles. The molecule has 2 aromatic rings. The molecule has 1 aliphatic rings. The first-order valence-electron chi connectivity index (χ1n) is 9.45. The number of carbonyl (C=O) groups is 1. The van der Waals surface area contributed by atoms with Gasteiger partial charge in [-0.25, -0.2) is 4.98 Å².